The third-order valence-electron chi connectivity index (χ3n) is 3.32. The highest BCUT2D eigenvalue weighted by Crippen LogP contribution is 2.14. The van der Waals surface area contributed by atoms with Crippen LogP contribution in [-0.2, 0) is 20.8 Å². The minimum absolute atomic E-state index is 0.0738. The number of Topliss-reactive ketones (excluding diaryl/α,β-unsaturated/α-hetero) is 1. The summed E-state index contributed by atoms with van der Waals surface area (Å²) in [4.78, 5) is 34.1. The number of nitrogens with one attached hydrogen (secondary N) is 1. The summed E-state index contributed by atoms with van der Waals surface area (Å²) in [5.74, 6) is 4.93. The molecule has 2 rings (SSSR count). The highest BCUT2D eigenvalue weighted by atomic mass is 16.2. The van der Waals surface area contributed by atoms with Crippen LogP contribution in [0, 0.1) is 24.7 Å². The number of hydrogen-bond donors (Lipinski definition) is 1. The molecule has 1 N–H and O–H groups in total. The van der Waals surface area contributed by atoms with E-state index in [4.69, 9.17) is 0 Å². The van der Waals surface area contributed by atoms with Crippen molar-refractivity contribution in [2.75, 3.05) is 0 Å². The first-order valence-corrected chi connectivity index (χ1v) is 6.90. The maximum atomic E-state index is 11.7. The highest BCUT2D eigenvalue weighted by molar-refractivity contribution is 5.99. The second kappa shape index (κ2) is 6.36. The van der Waals surface area contributed by atoms with Gasteiger partial charge in [-0.2, -0.15) is 0 Å². The van der Waals surface area contributed by atoms with Gasteiger partial charge in [-0.15, -0.1) is 0 Å². The molecule has 1 aromatic rings. The molecule has 0 radical (unpaired) electrons. The van der Waals surface area contributed by atoms with Gasteiger partial charge in [-0.1, -0.05) is 29.5 Å². The predicted molar refractivity (Wildman–Crippen MR) is 78.3 cm³/mol. The van der Waals surface area contributed by atoms with Gasteiger partial charge >= 0.3 is 0 Å². The zero-order valence-electron chi connectivity index (χ0n) is 12.2. The van der Waals surface area contributed by atoms with Crippen molar-refractivity contribution in [3.8, 4) is 11.8 Å². The van der Waals surface area contributed by atoms with Crippen LogP contribution in [0.2, 0.25) is 0 Å². The van der Waals surface area contributed by atoms with Crippen LogP contribution in [0.5, 0.6) is 0 Å². The van der Waals surface area contributed by atoms with E-state index in [1.54, 1.807) is 6.92 Å². The molecule has 0 bridgehead atoms. The zero-order chi connectivity index (χ0) is 15.4. The second-order valence-corrected chi connectivity index (χ2v) is 5.31. The van der Waals surface area contributed by atoms with E-state index in [9.17, 15) is 14.4 Å². The Morgan fingerprint density at radius 3 is 2.81 bits per heavy atom. The topological polar surface area (TPSA) is 63.2 Å². The molecule has 1 fully saturated rings. The summed E-state index contributed by atoms with van der Waals surface area (Å²) in [6.07, 6.45) is 1.10. The van der Waals surface area contributed by atoms with E-state index in [1.807, 2.05) is 25.1 Å². The Balaban J connectivity index is 2.23. The van der Waals surface area contributed by atoms with Crippen LogP contribution >= 0.6 is 0 Å². The largest absolute Gasteiger partial charge is 0.300 e. The maximum absolute atomic E-state index is 11.7. The Labute approximate surface area is 123 Å². The first-order valence-electron chi connectivity index (χ1n) is 6.90. The molecule has 21 heavy (non-hydrogen) atoms. The molecule has 1 atom stereocenters. The van der Waals surface area contributed by atoms with E-state index in [1.165, 1.54) is 0 Å². The van der Waals surface area contributed by atoms with E-state index < -0.39 is 5.92 Å². The molecule has 0 aliphatic carbocycles. The van der Waals surface area contributed by atoms with Crippen LogP contribution in [-0.4, -0.2) is 17.6 Å². The lowest BCUT2D eigenvalue weighted by Gasteiger charge is -2.15. The first kappa shape index (κ1) is 15.0. The molecule has 1 heterocycles. The lowest BCUT2D eigenvalue weighted by molar-refractivity contribution is -0.134. The van der Waals surface area contributed by atoms with E-state index >= 15 is 0 Å². The summed E-state index contributed by atoms with van der Waals surface area (Å²) < 4.78 is 0. The molecule has 4 heteroatoms. The fourth-order valence-corrected chi connectivity index (χ4v) is 2.26. The Hall–Kier alpha value is -2.41. The Morgan fingerprint density at radius 2 is 2.14 bits per heavy atom. The second-order valence-electron chi connectivity index (χ2n) is 5.31. The maximum Gasteiger partial charge on any atom is 0.241 e. The minimum atomic E-state index is -0.464. The molecular formula is C17H17NO3. The molecule has 0 aromatic heterocycles. The fourth-order valence-electron chi connectivity index (χ4n) is 2.26. The zero-order valence-corrected chi connectivity index (χ0v) is 12.2. The third-order valence-corrected chi connectivity index (χ3v) is 3.32. The number of ketones is 1. The number of aryl methyl sites for hydroxylation is 1. The van der Waals surface area contributed by atoms with Crippen LogP contribution < -0.4 is 5.32 Å². The molecule has 1 aliphatic rings. The number of imide groups is 1. The predicted octanol–water partition coefficient (Wildman–Crippen LogP) is 1.53. The van der Waals surface area contributed by atoms with Crippen molar-refractivity contribution in [3.05, 3.63) is 34.9 Å². The van der Waals surface area contributed by atoms with Gasteiger partial charge in [0.15, 0.2) is 0 Å². The average molecular weight is 283 g/mol. The van der Waals surface area contributed by atoms with Crippen LogP contribution in [0.3, 0.4) is 0 Å². The van der Waals surface area contributed by atoms with Crippen LogP contribution in [0.15, 0.2) is 18.2 Å². The van der Waals surface area contributed by atoms with Gasteiger partial charge in [0.2, 0.25) is 11.8 Å². The quantitative estimate of drug-likeness (QED) is 0.661. The number of carbonyl (C=O) groups is 3. The van der Waals surface area contributed by atoms with Crippen LogP contribution in [0.4, 0.5) is 0 Å². The minimum Gasteiger partial charge on any atom is -0.300 e. The summed E-state index contributed by atoms with van der Waals surface area (Å²) >= 11 is 0. The Morgan fingerprint density at radius 1 is 1.38 bits per heavy atom. The first-order chi connectivity index (χ1) is 9.95. The summed E-state index contributed by atoms with van der Waals surface area (Å²) in [5, 5.41) is 2.29. The lowest BCUT2D eigenvalue weighted by Crippen LogP contribution is -2.40. The Kier molecular flexibility index (Phi) is 4.54. The normalized spacial score (nSPS) is 17.7. The number of carbonyl (C=O) groups excluding carboxylic acids is 3. The number of hydrogen-bond acceptors (Lipinski definition) is 3. The van der Waals surface area contributed by atoms with Gasteiger partial charge in [-0.05, 0) is 31.9 Å². The monoisotopic (exact) mass is 283 g/mol. The van der Waals surface area contributed by atoms with Crippen molar-refractivity contribution in [1.82, 2.24) is 5.32 Å². The van der Waals surface area contributed by atoms with E-state index in [0.717, 1.165) is 16.7 Å². The van der Waals surface area contributed by atoms with Gasteiger partial charge < -0.3 is 0 Å². The van der Waals surface area contributed by atoms with Gasteiger partial charge in [0.25, 0.3) is 0 Å². The molecule has 1 aromatic carbocycles. The fraction of sp³-hybridized carbons (Fsp3) is 0.353. The molecular weight excluding hydrogens is 266 g/mol. The SMILES string of the molecule is CC(=O)Cc1cc(C)ccc1C#CC1CCC(=O)NC1=O. The molecule has 0 spiro atoms. The van der Waals surface area contributed by atoms with Gasteiger partial charge in [-0.25, -0.2) is 0 Å². The molecule has 1 aliphatic heterocycles. The van der Waals surface area contributed by atoms with E-state index in [0.29, 0.717) is 19.3 Å². The van der Waals surface area contributed by atoms with E-state index in [-0.39, 0.29) is 17.6 Å². The van der Waals surface area contributed by atoms with Crippen molar-refractivity contribution in [1.29, 1.82) is 0 Å². The van der Waals surface area contributed by atoms with Gasteiger partial charge in [-0.3, -0.25) is 19.7 Å². The summed E-state index contributed by atoms with van der Waals surface area (Å²) in [7, 11) is 0. The average Bonchev–Trinajstić information content (AvgIpc) is 2.39. The third kappa shape index (κ3) is 4.03. The summed E-state index contributed by atoms with van der Waals surface area (Å²) in [6, 6.07) is 5.74. The number of amides is 2. The molecule has 4 nitrogen and oxygen atoms in total. The van der Waals surface area contributed by atoms with Crippen molar-refractivity contribution >= 4 is 17.6 Å². The Bertz CT molecular complexity index is 664. The smallest absolute Gasteiger partial charge is 0.241 e. The molecule has 1 unspecified atom stereocenters. The van der Waals surface area contributed by atoms with Crippen molar-refractivity contribution in [2.24, 2.45) is 5.92 Å². The van der Waals surface area contributed by atoms with Gasteiger partial charge in [0.1, 0.15) is 11.7 Å². The summed E-state index contributed by atoms with van der Waals surface area (Å²) in [6.45, 7) is 3.50. The lowest BCUT2D eigenvalue weighted by atomic mass is 9.96. The van der Waals surface area contributed by atoms with Crippen molar-refractivity contribution in [3.63, 3.8) is 0 Å². The van der Waals surface area contributed by atoms with Crippen molar-refractivity contribution < 1.29 is 14.4 Å². The molecule has 1 saturated heterocycles. The van der Waals surface area contributed by atoms with Crippen molar-refractivity contribution in [2.45, 2.75) is 33.1 Å². The van der Waals surface area contributed by atoms with Gasteiger partial charge in [0, 0.05) is 18.4 Å². The van der Waals surface area contributed by atoms with Crippen LogP contribution in [0.1, 0.15) is 36.5 Å². The standard InChI is InChI=1S/C17H17NO3/c1-11-3-4-13(15(9-11)10-12(2)19)5-6-14-7-8-16(20)18-17(14)21/h3-4,9,14H,7-8,10H2,1-2H3,(H,18,20,21). The van der Waals surface area contributed by atoms with Crippen LogP contribution in [0.25, 0.3) is 0 Å². The number of rotatable bonds is 2. The van der Waals surface area contributed by atoms with E-state index in [2.05, 4.69) is 17.2 Å². The molecule has 108 valence electrons. The van der Waals surface area contributed by atoms with Gasteiger partial charge in [0.05, 0.1) is 0 Å². The molecule has 2 amide bonds. The molecule has 0 saturated carbocycles. The number of benzene rings is 1. The summed E-state index contributed by atoms with van der Waals surface area (Å²) in [5.41, 5.74) is 2.71. The number of piperidine rings is 1. The highest BCUT2D eigenvalue weighted by Gasteiger charge is 2.24.